The lowest BCUT2D eigenvalue weighted by Gasteiger charge is -2.19. The van der Waals surface area contributed by atoms with Crippen LogP contribution >= 0.6 is 11.8 Å². The minimum Gasteiger partial charge on any atom is -0.486 e. The molecule has 0 atom stereocenters. The molecule has 8 heteroatoms. The topological polar surface area (TPSA) is 85.9 Å². The molecule has 0 saturated carbocycles. The van der Waals surface area contributed by atoms with Crippen molar-refractivity contribution in [2.75, 3.05) is 36.2 Å². The maximum atomic E-state index is 12.3. The van der Waals surface area contributed by atoms with Gasteiger partial charge < -0.3 is 24.8 Å². The number of nitrogens with one attached hydrogen (secondary N) is 2. The number of fused-ring (bicyclic) bond motifs is 1. The molecule has 0 aromatic heterocycles. The number of amides is 2. The maximum Gasteiger partial charge on any atom is 0.262 e. The molecule has 7 nitrogen and oxygen atoms in total. The van der Waals surface area contributed by atoms with Gasteiger partial charge in [0, 0.05) is 22.3 Å². The van der Waals surface area contributed by atoms with Crippen LogP contribution in [-0.2, 0) is 9.59 Å². The molecule has 1 aliphatic rings. The summed E-state index contributed by atoms with van der Waals surface area (Å²) < 4.78 is 16.4. The second kappa shape index (κ2) is 10.6. The highest BCUT2D eigenvalue weighted by Gasteiger charge is 2.13. The van der Waals surface area contributed by atoms with Crippen molar-refractivity contribution < 1.29 is 23.8 Å². The highest BCUT2D eigenvalue weighted by atomic mass is 32.2. The molecule has 2 amide bonds. The van der Waals surface area contributed by atoms with Crippen molar-refractivity contribution in [3.05, 3.63) is 72.8 Å². The molecule has 0 spiro atoms. The monoisotopic (exact) mass is 450 g/mol. The van der Waals surface area contributed by atoms with Crippen LogP contribution in [0.3, 0.4) is 0 Å². The summed E-state index contributed by atoms with van der Waals surface area (Å²) in [5.41, 5.74) is 1.33. The summed E-state index contributed by atoms with van der Waals surface area (Å²) >= 11 is 1.41. The predicted octanol–water partition coefficient (Wildman–Crippen LogP) is 4.21. The number of thioether (sulfide) groups is 1. The molecule has 0 saturated heterocycles. The van der Waals surface area contributed by atoms with Gasteiger partial charge in [-0.15, -0.1) is 11.8 Å². The second-order valence-electron chi connectivity index (χ2n) is 6.87. The molecular weight excluding hydrogens is 428 g/mol. The first-order valence-electron chi connectivity index (χ1n) is 10.1. The highest BCUT2D eigenvalue weighted by Crippen LogP contribution is 2.32. The number of benzene rings is 3. The van der Waals surface area contributed by atoms with E-state index in [0.717, 1.165) is 4.90 Å². The summed E-state index contributed by atoms with van der Waals surface area (Å²) in [6.07, 6.45) is 0. The largest absolute Gasteiger partial charge is 0.486 e. The van der Waals surface area contributed by atoms with Crippen LogP contribution in [-0.4, -0.2) is 37.4 Å². The number of ether oxygens (including phenoxy) is 3. The van der Waals surface area contributed by atoms with Crippen molar-refractivity contribution in [1.29, 1.82) is 0 Å². The van der Waals surface area contributed by atoms with Crippen LogP contribution < -0.4 is 24.8 Å². The van der Waals surface area contributed by atoms with Gasteiger partial charge in [0.25, 0.3) is 5.91 Å². The Morgan fingerprint density at radius 2 is 1.50 bits per heavy atom. The van der Waals surface area contributed by atoms with Crippen LogP contribution in [0.1, 0.15) is 0 Å². The van der Waals surface area contributed by atoms with E-state index in [0.29, 0.717) is 41.8 Å². The van der Waals surface area contributed by atoms with E-state index >= 15 is 0 Å². The Morgan fingerprint density at radius 3 is 2.28 bits per heavy atom. The lowest BCUT2D eigenvalue weighted by molar-refractivity contribution is -0.118. The Kier molecular flexibility index (Phi) is 7.14. The quantitative estimate of drug-likeness (QED) is 0.500. The average Bonchev–Trinajstić information content (AvgIpc) is 2.83. The number of hydrogen-bond acceptors (Lipinski definition) is 6. The van der Waals surface area contributed by atoms with E-state index in [4.69, 9.17) is 14.2 Å². The van der Waals surface area contributed by atoms with Crippen LogP contribution in [0.5, 0.6) is 17.2 Å². The first kappa shape index (κ1) is 21.6. The minimum absolute atomic E-state index is 0.0689. The van der Waals surface area contributed by atoms with Crippen molar-refractivity contribution in [2.24, 2.45) is 0 Å². The number of carbonyl (C=O) groups excluding carboxylic acids is 2. The van der Waals surface area contributed by atoms with Crippen LogP contribution in [0.25, 0.3) is 0 Å². The van der Waals surface area contributed by atoms with Crippen molar-refractivity contribution in [3.63, 3.8) is 0 Å². The molecule has 0 aliphatic carbocycles. The maximum absolute atomic E-state index is 12.3. The van der Waals surface area contributed by atoms with Crippen LogP contribution in [0, 0.1) is 0 Å². The second-order valence-corrected chi connectivity index (χ2v) is 7.92. The molecule has 4 rings (SSSR count). The Morgan fingerprint density at radius 1 is 0.812 bits per heavy atom. The fourth-order valence-corrected chi connectivity index (χ4v) is 3.66. The van der Waals surface area contributed by atoms with Crippen LogP contribution in [0.15, 0.2) is 77.7 Å². The van der Waals surface area contributed by atoms with Gasteiger partial charge in [-0.05, 0) is 48.5 Å². The average molecular weight is 451 g/mol. The van der Waals surface area contributed by atoms with Crippen molar-refractivity contribution >= 4 is 35.0 Å². The van der Waals surface area contributed by atoms with Gasteiger partial charge in [-0.2, -0.15) is 0 Å². The third-order valence-corrected chi connectivity index (χ3v) is 5.46. The van der Waals surface area contributed by atoms with Gasteiger partial charge in [0.05, 0.1) is 5.75 Å². The summed E-state index contributed by atoms with van der Waals surface area (Å²) in [4.78, 5) is 25.2. The smallest absolute Gasteiger partial charge is 0.262 e. The third kappa shape index (κ3) is 6.18. The molecule has 0 fully saturated rings. The zero-order chi connectivity index (χ0) is 22.2. The van der Waals surface area contributed by atoms with Crippen LogP contribution in [0.4, 0.5) is 11.4 Å². The van der Waals surface area contributed by atoms with E-state index in [1.165, 1.54) is 11.8 Å². The molecule has 0 unspecified atom stereocenters. The third-order valence-electron chi connectivity index (χ3n) is 4.45. The van der Waals surface area contributed by atoms with Crippen molar-refractivity contribution in [1.82, 2.24) is 0 Å². The van der Waals surface area contributed by atoms with E-state index in [1.54, 1.807) is 42.5 Å². The van der Waals surface area contributed by atoms with Gasteiger partial charge >= 0.3 is 0 Å². The number of rotatable bonds is 8. The summed E-state index contributed by atoms with van der Waals surface area (Å²) in [5.74, 6) is 1.85. The number of hydrogen-bond donors (Lipinski definition) is 2. The molecule has 0 radical (unpaired) electrons. The summed E-state index contributed by atoms with van der Waals surface area (Å²) in [5, 5.41) is 5.65. The fraction of sp³-hybridized carbons (Fsp3) is 0.167. The molecule has 3 aromatic carbocycles. The molecule has 3 aromatic rings. The van der Waals surface area contributed by atoms with E-state index in [2.05, 4.69) is 10.6 Å². The first-order chi connectivity index (χ1) is 15.7. The van der Waals surface area contributed by atoms with E-state index in [9.17, 15) is 9.59 Å². The molecule has 32 heavy (non-hydrogen) atoms. The Hall–Kier alpha value is -3.65. The minimum atomic E-state index is -0.243. The molecule has 164 valence electrons. The molecule has 1 heterocycles. The van der Waals surface area contributed by atoms with Gasteiger partial charge in [-0.3, -0.25) is 9.59 Å². The number of anilines is 2. The van der Waals surface area contributed by atoms with Crippen molar-refractivity contribution in [3.8, 4) is 17.2 Å². The summed E-state index contributed by atoms with van der Waals surface area (Å²) in [6.45, 7) is 0.955. The number of carbonyl (C=O) groups is 2. The molecule has 0 bridgehead atoms. The predicted molar refractivity (Wildman–Crippen MR) is 124 cm³/mol. The van der Waals surface area contributed by atoms with E-state index in [1.807, 2.05) is 30.3 Å². The van der Waals surface area contributed by atoms with Crippen molar-refractivity contribution in [2.45, 2.75) is 4.90 Å². The molecule has 1 aliphatic heterocycles. The molecular formula is C24H22N2O5S. The summed E-state index contributed by atoms with van der Waals surface area (Å²) in [6, 6.07) is 21.8. The van der Waals surface area contributed by atoms with E-state index < -0.39 is 0 Å². The van der Waals surface area contributed by atoms with Crippen LogP contribution in [0.2, 0.25) is 0 Å². The Bertz CT molecular complexity index is 1070. The van der Waals surface area contributed by atoms with Gasteiger partial charge in [-0.25, -0.2) is 0 Å². The zero-order valence-corrected chi connectivity index (χ0v) is 18.0. The first-order valence-corrected chi connectivity index (χ1v) is 11.0. The summed E-state index contributed by atoms with van der Waals surface area (Å²) in [7, 11) is 0. The van der Waals surface area contributed by atoms with E-state index in [-0.39, 0.29) is 24.2 Å². The number of para-hydroxylation sites is 1. The Labute approximate surface area is 190 Å². The van der Waals surface area contributed by atoms with Gasteiger partial charge in [-0.1, -0.05) is 18.2 Å². The molecule has 2 N–H and O–H groups in total. The van der Waals surface area contributed by atoms with Gasteiger partial charge in [0.2, 0.25) is 5.91 Å². The highest BCUT2D eigenvalue weighted by molar-refractivity contribution is 8.00. The van der Waals surface area contributed by atoms with Gasteiger partial charge in [0.1, 0.15) is 19.0 Å². The SMILES string of the molecule is O=C(COc1ccccc1)Nc1ccc(SCC(=O)Nc2ccc3c(c2)OCCO3)cc1. The fourth-order valence-electron chi connectivity index (χ4n) is 2.96. The van der Waals surface area contributed by atoms with Gasteiger partial charge in [0.15, 0.2) is 18.1 Å². The standard InChI is InChI=1S/C24H22N2O5S/c27-23(15-31-19-4-2-1-3-5-19)25-17-6-9-20(10-7-17)32-16-24(28)26-18-8-11-21-22(14-18)30-13-12-29-21/h1-11,14H,12-13,15-16H2,(H,25,27)(H,26,28). The zero-order valence-electron chi connectivity index (χ0n) is 17.2. The normalized spacial score (nSPS) is 12.0. The lowest BCUT2D eigenvalue weighted by Crippen LogP contribution is -2.20. The lowest BCUT2D eigenvalue weighted by atomic mass is 10.2. The Balaban J connectivity index is 1.21.